The van der Waals surface area contributed by atoms with Crippen molar-refractivity contribution in [3.63, 3.8) is 0 Å². The fourth-order valence-corrected chi connectivity index (χ4v) is 4.60. The van der Waals surface area contributed by atoms with Gasteiger partial charge in [0.1, 0.15) is 0 Å². The zero-order valence-electron chi connectivity index (χ0n) is 17.6. The van der Waals surface area contributed by atoms with Gasteiger partial charge in [0.25, 0.3) is 5.91 Å². The molecule has 9 heteroatoms. The van der Waals surface area contributed by atoms with Crippen molar-refractivity contribution in [2.75, 3.05) is 6.54 Å². The fourth-order valence-electron chi connectivity index (χ4n) is 3.60. The van der Waals surface area contributed by atoms with Crippen LogP contribution in [0.1, 0.15) is 38.2 Å². The van der Waals surface area contributed by atoms with Crippen LogP contribution in [0, 0.1) is 6.92 Å². The van der Waals surface area contributed by atoms with E-state index in [9.17, 15) is 18.0 Å². The molecular weight excluding hydrogens is 425 g/mol. The number of halogens is 3. The Balaban J connectivity index is 1.79. The highest BCUT2D eigenvalue weighted by Crippen LogP contribution is 2.32. The van der Waals surface area contributed by atoms with Crippen molar-refractivity contribution in [1.82, 2.24) is 10.4 Å². The Morgan fingerprint density at radius 2 is 2.06 bits per heavy atom. The van der Waals surface area contributed by atoms with E-state index < -0.39 is 17.8 Å². The van der Waals surface area contributed by atoms with Gasteiger partial charge in [0.05, 0.1) is 22.2 Å². The lowest BCUT2D eigenvalue weighted by molar-refractivity contribution is -0.716. The van der Waals surface area contributed by atoms with Crippen molar-refractivity contribution < 1.29 is 22.6 Å². The summed E-state index contributed by atoms with van der Waals surface area (Å²) in [7, 11) is 1.92. The number of amides is 1. The lowest BCUT2D eigenvalue weighted by Gasteiger charge is -2.17. The number of thiophene rings is 1. The molecule has 1 atom stereocenters. The maximum Gasteiger partial charge on any atom is 0.416 e. The van der Waals surface area contributed by atoms with Crippen LogP contribution in [0.25, 0.3) is 11.3 Å². The van der Waals surface area contributed by atoms with Gasteiger partial charge in [0.15, 0.2) is 7.05 Å². The van der Waals surface area contributed by atoms with E-state index in [1.807, 2.05) is 37.8 Å². The molecule has 0 saturated carbocycles. The number of aryl methyl sites for hydroxylation is 3. The molecule has 0 fully saturated rings. The maximum atomic E-state index is 13.0. The van der Waals surface area contributed by atoms with E-state index in [2.05, 4.69) is 10.4 Å². The van der Waals surface area contributed by atoms with Gasteiger partial charge in [-0.05, 0) is 37.5 Å². The van der Waals surface area contributed by atoms with Gasteiger partial charge in [-0.3, -0.25) is 4.79 Å². The highest BCUT2D eigenvalue weighted by Gasteiger charge is 2.30. The highest BCUT2D eigenvalue weighted by molar-refractivity contribution is 7.14. The number of hydrogen-bond donors (Lipinski definition) is 3. The summed E-state index contributed by atoms with van der Waals surface area (Å²) < 4.78 is 40.8. The number of nitrogens with one attached hydrogen (secondary N) is 2. The van der Waals surface area contributed by atoms with Crippen LogP contribution >= 0.6 is 11.3 Å². The Morgan fingerprint density at radius 1 is 1.32 bits per heavy atom. The molecule has 0 aliphatic heterocycles. The third kappa shape index (κ3) is 5.16. The van der Waals surface area contributed by atoms with Crippen LogP contribution in [0.5, 0.6) is 0 Å². The van der Waals surface area contributed by atoms with E-state index in [1.165, 1.54) is 17.4 Å². The summed E-state index contributed by atoms with van der Waals surface area (Å²) in [6, 6.07) is 6.50. The third-order valence-electron chi connectivity index (χ3n) is 5.15. The zero-order valence-corrected chi connectivity index (χ0v) is 18.5. The first-order valence-electron chi connectivity index (χ1n) is 9.98. The number of aromatic amines is 1. The Hall–Kier alpha value is -2.65. The first-order valence-corrected chi connectivity index (χ1v) is 10.8. The molecule has 0 aliphatic carbocycles. The van der Waals surface area contributed by atoms with Crippen LogP contribution in [-0.4, -0.2) is 23.6 Å². The first-order chi connectivity index (χ1) is 14.6. The van der Waals surface area contributed by atoms with Gasteiger partial charge in [0.2, 0.25) is 5.69 Å². The summed E-state index contributed by atoms with van der Waals surface area (Å²) in [5.41, 5.74) is 8.67. The monoisotopic (exact) mass is 451 g/mol. The summed E-state index contributed by atoms with van der Waals surface area (Å²) in [5, 5.41) is 6.01. The van der Waals surface area contributed by atoms with Crippen molar-refractivity contribution >= 4 is 17.2 Å². The van der Waals surface area contributed by atoms with Crippen molar-refractivity contribution in [1.29, 1.82) is 0 Å². The smallest absolute Gasteiger partial charge is 0.347 e. The number of nitrogens with two attached hydrogens (primary N) is 1. The summed E-state index contributed by atoms with van der Waals surface area (Å²) in [6.45, 7) is 4.16. The highest BCUT2D eigenvalue weighted by atomic mass is 32.1. The minimum atomic E-state index is -4.41. The van der Waals surface area contributed by atoms with Crippen LogP contribution in [0.4, 0.5) is 13.2 Å². The Morgan fingerprint density at radius 3 is 2.65 bits per heavy atom. The molecule has 0 saturated heterocycles. The summed E-state index contributed by atoms with van der Waals surface area (Å²) in [4.78, 5) is 14.5. The van der Waals surface area contributed by atoms with Gasteiger partial charge in [-0.1, -0.05) is 25.1 Å². The Kier molecular flexibility index (Phi) is 6.86. The molecule has 5 nitrogen and oxygen atoms in total. The number of hydrogen-bond acceptors (Lipinski definition) is 3. The first kappa shape index (κ1) is 23.0. The van der Waals surface area contributed by atoms with E-state index in [1.54, 1.807) is 6.07 Å². The second-order valence-electron chi connectivity index (χ2n) is 7.47. The molecule has 4 N–H and O–H groups in total. The molecule has 1 amide bonds. The number of benzene rings is 1. The van der Waals surface area contributed by atoms with Crippen molar-refractivity contribution in [3.8, 4) is 11.3 Å². The number of alkyl halides is 3. The van der Waals surface area contributed by atoms with Gasteiger partial charge >= 0.3 is 6.18 Å². The molecule has 0 radical (unpaired) electrons. The van der Waals surface area contributed by atoms with Crippen LogP contribution < -0.4 is 15.7 Å². The molecular formula is C22H26F3N4OS+. The van der Waals surface area contributed by atoms with E-state index in [4.69, 9.17) is 5.73 Å². The standard InChI is InChI=1S/C22H25F3N4OS/c1-4-18-17(20-13(2)12-27-29(20)3)10-19(31-18)21(30)28-16(11-26)9-14-6-5-7-15(8-14)22(23,24)25/h5-8,10,12,16H,4,9,11,26H2,1-3H3,(H,28,30)/p+1/t16-/m0/s1. The van der Waals surface area contributed by atoms with Crippen LogP contribution in [-0.2, 0) is 26.1 Å². The molecule has 3 aromatic rings. The van der Waals surface area contributed by atoms with Crippen LogP contribution in [0.3, 0.4) is 0 Å². The minimum absolute atomic E-state index is 0.118. The van der Waals surface area contributed by atoms with E-state index >= 15 is 0 Å². The number of carbonyl (C=O) groups excluding carboxylic acids is 1. The molecule has 1 aromatic carbocycles. The summed E-state index contributed by atoms with van der Waals surface area (Å²) >= 11 is 1.42. The average molecular weight is 452 g/mol. The summed E-state index contributed by atoms with van der Waals surface area (Å²) in [5.74, 6) is -0.274. The number of rotatable bonds is 7. The van der Waals surface area contributed by atoms with Gasteiger partial charge in [0, 0.05) is 23.0 Å². The normalized spacial score (nSPS) is 12.7. The molecule has 2 aromatic heterocycles. The van der Waals surface area contributed by atoms with Crippen molar-refractivity contribution in [3.05, 3.63) is 63.0 Å². The fraction of sp³-hybridized carbons (Fsp3) is 0.364. The Labute approximate surface area is 183 Å². The summed E-state index contributed by atoms with van der Waals surface area (Å²) in [6.07, 6.45) is -1.50. The molecule has 0 spiro atoms. The van der Waals surface area contributed by atoms with Crippen LogP contribution in [0.2, 0.25) is 0 Å². The lowest BCUT2D eigenvalue weighted by Crippen LogP contribution is -2.41. The number of aromatic nitrogens is 2. The van der Waals surface area contributed by atoms with E-state index in [0.29, 0.717) is 10.4 Å². The largest absolute Gasteiger partial charge is 0.416 e. The molecule has 0 aliphatic rings. The molecule has 3 rings (SSSR count). The third-order valence-corrected chi connectivity index (χ3v) is 6.43. The molecule has 166 valence electrons. The van der Waals surface area contributed by atoms with Crippen molar-refractivity contribution in [2.24, 2.45) is 12.8 Å². The SMILES string of the molecule is CCc1sc(C(=O)N[C@H](CN)Cc2cccc(C(F)(F)F)c2)cc1-c1c(C)c[nH][n+]1C. The predicted molar refractivity (Wildman–Crippen MR) is 115 cm³/mol. The number of H-pyrrole nitrogens is 1. The average Bonchev–Trinajstić information content (AvgIpc) is 3.29. The van der Waals surface area contributed by atoms with E-state index in [0.717, 1.165) is 40.3 Å². The zero-order chi connectivity index (χ0) is 22.8. The van der Waals surface area contributed by atoms with E-state index in [-0.39, 0.29) is 18.9 Å². The van der Waals surface area contributed by atoms with Gasteiger partial charge in [-0.2, -0.15) is 18.3 Å². The molecule has 2 heterocycles. The van der Waals surface area contributed by atoms with Crippen LogP contribution in [0.15, 0.2) is 36.5 Å². The topological polar surface area (TPSA) is 74.8 Å². The van der Waals surface area contributed by atoms with Gasteiger partial charge < -0.3 is 11.1 Å². The second-order valence-corrected chi connectivity index (χ2v) is 8.61. The maximum absolute atomic E-state index is 13.0. The van der Waals surface area contributed by atoms with Crippen molar-refractivity contribution in [2.45, 2.75) is 38.9 Å². The number of nitrogens with zero attached hydrogens (tertiary/aromatic N) is 1. The quantitative estimate of drug-likeness (QED) is 0.479. The second kappa shape index (κ2) is 9.23. The molecule has 0 bridgehead atoms. The minimum Gasteiger partial charge on any atom is -0.347 e. The predicted octanol–water partition coefficient (Wildman–Crippen LogP) is 3.76. The van der Waals surface area contributed by atoms with Gasteiger partial charge in [-0.15, -0.1) is 16.0 Å². The molecule has 0 unspecified atom stereocenters. The van der Waals surface area contributed by atoms with Gasteiger partial charge in [-0.25, -0.2) is 0 Å². The Bertz CT molecular complexity index is 1050. The molecule has 31 heavy (non-hydrogen) atoms. The lowest BCUT2D eigenvalue weighted by atomic mass is 10.0. The number of carbonyl (C=O) groups is 1.